The van der Waals surface area contributed by atoms with E-state index in [0.717, 1.165) is 29.7 Å². The minimum absolute atomic E-state index is 0.257. The van der Waals surface area contributed by atoms with Crippen molar-refractivity contribution in [2.75, 3.05) is 5.73 Å². The van der Waals surface area contributed by atoms with Crippen molar-refractivity contribution in [1.29, 1.82) is 0 Å². The molecule has 2 N–H and O–H groups in total. The van der Waals surface area contributed by atoms with Crippen molar-refractivity contribution in [3.8, 4) is 0 Å². The van der Waals surface area contributed by atoms with Gasteiger partial charge in [-0.2, -0.15) is 0 Å². The molecule has 0 heterocycles. The number of rotatable bonds is 2. The van der Waals surface area contributed by atoms with Gasteiger partial charge in [-0.1, -0.05) is 12.8 Å². The molecule has 2 nitrogen and oxygen atoms in total. The highest BCUT2D eigenvalue weighted by Gasteiger charge is 2.23. The Bertz CT molecular complexity index is 378. The van der Waals surface area contributed by atoms with Gasteiger partial charge in [-0.3, -0.25) is 4.79 Å². The number of Topliss-reactive ketones (excluding diaryl/α,β-unsaturated/α-hetero) is 1. The highest BCUT2D eigenvalue weighted by atomic mass is 16.1. The zero-order valence-corrected chi connectivity index (χ0v) is 9.12. The number of ketones is 1. The van der Waals surface area contributed by atoms with E-state index in [1.165, 1.54) is 12.8 Å². The number of benzene rings is 1. The molecule has 1 aromatic carbocycles. The van der Waals surface area contributed by atoms with Crippen molar-refractivity contribution < 1.29 is 4.79 Å². The molecule has 80 valence electrons. The first-order valence-electron chi connectivity index (χ1n) is 5.59. The summed E-state index contributed by atoms with van der Waals surface area (Å²) < 4.78 is 0. The van der Waals surface area contributed by atoms with Crippen LogP contribution in [0.15, 0.2) is 18.2 Å². The second kappa shape index (κ2) is 4.05. The summed E-state index contributed by atoms with van der Waals surface area (Å²) in [4.78, 5) is 12.1. The molecule has 0 saturated heterocycles. The van der Waals surface area contributed by atoms with Gasteiger partial charge in [-0.15, -0.1) is 0 Å². The van der Waals surface area contributed by atoms with Gasteiger partial charge >= 0.3 is 0 Å². The Morgan fingerprint density at radius 1 is 1.33 bits per heavy atom. The number of hydrogen-bond donors (Lipinski definition) is 1. The molecule has 0 atom stereocenters. The van der Waals surface area contributed by atoms with Crippen LogP contribution >= 0.6 is 0 Å². The second-order valence-corrected chi connectivity index (χ2v) is 4.42. The van der Waals surface area contributed by atoms with E-state index in [0.29, 0.717) is 5.78 Å². The largest absolute Gasteiger partial charge is 0.399 e. The molecule has 0 unspecified atom stereocenters. The van der Waals surface area contributed by atoms with Crippen LogP contribution in [-0.4, -0.2) is 5.78 Å². The molecule has 1 aliphatic rings. The van der Waals surface area contributed by atoms with Gasteiger partial charge in [0.15, 0.2) is 5.78 Å². The van der Waals surface area contributed by atoms with E-state index < -0.39 is 0 Å². The molecular weight excluding hydrogens is 186 g/mol. The monoisotopic (exact) mass is 203 g/mol. The number of nitrogen functional groups attached to an aromatic ring is 1. The molecule has 0 spiro atoms. The van der Waals surface area contributed by atoms with Gasteiger partial charge in [-0.05, 0) is 43.5 Å². The van der Waals surface area contributed by atoms with Gasteiger partial charge < -0.3 is 5.73 Å². The van der Waals surface area contributed by atoms with Gasteiger partial charge in [0, 0.05) is 17.2 Å². The Morgan fingerprint density at radius 2 is 2.00 bits per heavy atom. The topological polar surface area (TPSA) is 43.1 Å². The van der Waals surface area contributed by atoms with Crippen LogP contribution in [0.1, 0.15) is 41.6 Å². The maximum absolute atomic E-state index is 12.1. The molecular formula is C13H17NO. The van der Waals surface area contributed by atoms with Crippen molar-refractivity contribution in [2.24, 2.45) is 5.92 Å². The molecule has 15 heavy (non-hydrogen) atoms. The fourth-order valence-electron chi connectivity index (χ4n) is 2.25. The Balaban J connectivity index is 2.21. The Hall–Kier alpha value is -1.31. The molecule has 1 aliphatic carbocycles. The quantitative estimate of drug-likeness (QED) is 0.593. The van der Waals surface area contributed by atoms with E-state index >= 15 is 0 Å². The van der Waals surface area contributed by atoms with Crippen LogP contribution in [0.3, 0.4) is 0 Å². The number of carbonyl (C=O) groups is 1. The summed E-state index contributed by atoms with van der Waals surface area (Å²) in [6.45, 7) is 1.95. The van der Waals surface area contributed by atoms with Crippen LogP contribution in [0, 0.1) is 12.8 Å². The summed E-state index contributed by atoms with van der Waals surface area (Å²) in [5, 5.41) is 0. The predicted octanol–water partition coefficient (Wildman–Crippen LogP) is 2.95. The summed E-state index contributed by atoms with van der Waals surface area (Å²) in [6.07, 6.45) is 4.51. The molecule has 2 rings (SSSR count). The lowest BCUT2D eigenvalue weighted by molar-refractivity contribution is 0.0923. The predicted molar refractivity (Wildman–Crippen MR) is 61.9 cm³/mol. The van der Waals surface area contributed by atoms with Crippen molar-refractivity contribution in [1.82, 2.24) is 0 Å². The van der Waals surface area contributed by atoms with Gasteiger partial charge in [0.05, 0.1) is 0 Å². The summed E-state index contributed by atoms with van der Waals surface area (Å²) in [7, 11) is 0. The van der Waals surface area contributed by atoms with Crippen molar-refractivity contribution >= 4 is 11.5 Å². The maximum Gasteiger partial charge on any atom is 0.165 e. The fourth-order valence-corrected chi connectivity index (χ4v) is 2.25. The molecule has 0 radical (unpaired) electrons. The number of anilines is 1. The van der Waals surface area contributed by atoms with E-state index in [1.807, 2.05) is 25.1 Å². The Kier molecular flexibility index (Phi) is 2.76. The third-order valence-corrected chi connectivity index (χ3v) is 3.28. The molecule has 2 heteroatoms. The number of hydrogen-bond acceptors (Lipinski definition) is 2. The van der Waals surface area contributed by atoms with E-state index in [1.54, 1.807) is 0 Å². The highest BCUT2D eigenvalue weighted by Crippen LogP contribution is 2.28. The lowest BCUT2D eigenvalue weighted by Gasteiger charge is -2.09. The number of aryl methyl sites for hydroxylation is 1. The average molecular weight is 203 g/mol. The van der Waals surface area contributed by atoms with Crippen LogP contribution in [0.2, 0.25) is 0 Å². The SMILES string of the molecule is Cc1cc(C(=O)C2CCCC2)ccc1N. The van der Waals surface area contributed by atoms with Gasteiger partial charge in [0.25, 0.3) is 0 Å². The Labute approximate surface area is 90.5 Å². The van der Waals surface area contributed by atoms with E-state index in [-0.39, 0.29) is 5.92 Å². The second-order valence-electron chi connectivity index (χ2n) is 4.42. The third kappa shape index (κ3) is 2.04. The zero-order chi connectivity index (χ0) is 10.8. The Morgan fingerprint density at radius 3 is 2.60 bits per heavy atom. The van der Waals surface area contributed by atoms with Crippen molar-refractivity contribution in [3.63, 3.8) is 0 Å². The maximum atomic E-state index is 12.1. The molecule has 0 aromatic heterocycles. The van der Waals surface area contributed by atoms with Crippen molar-refractivity contribution in [3.05, 3.63) is 29.3 Å². The lowest BCUT2D eigenvalue weighted by atomic mass is 9.95. The van der Waals surface area contributed by atoms with Crippen LogP contribution < -0.4 is 5.73 Å². The summed E-state index contributed by atoms with van der Waals surface area (Å²) in [5.41, 5.74) is 8.32. The number of nitrogens with two attached hydrogens (primary N) is 1. The molecule has 0 bridgehead atoms. The summed E-state index contributed by atoms with van der Waals surface area (Å²) >= 11 is 0. The van der Waals surface area contributed by atoms with Crippen LogP contribution in [0.25, 0.3) is 0 Å². The fraction of sp³-hybridized carbons (Fsp3) is 0.462. The zero-order valence-electron chi connectivity index (χ0n) is 9.12. The van der Waals surface area contributed by atoms with E-state index in [2.05, 4.69) is 0 Å². The first-order chi connectivity index (χ1) is 7.18. The normalized spacial score (nSPS) is 16.9. The van der Waals surface area contributed by atoms with E-state index in [4.69, 9.17) is 5.73 Å². The van der Waals surface area contributed by atoms with Crippen LogP contribution in [0.4, 0.5) is 5.69 Å². The number of carbonyl (C=O) groups excluding carboxylic acids is 1. The molecule has 1 saturated carbocycles. The standard InChI is InChI=1S/C13H17NO/c1-9-8-11(6-7-12(9)14)13(15)10-4-2-3-5-10/h6-8,10H,2-5,14H2,1H3. The smallest absolute Gasteiger partial charge is 0.165 e. The van der Waals surface area contributed by atoms with Crippen molar-refractivity contribution in [2.45, 2.75) is 32.6 Å². The average Bonchev–Trinajstić information content (AvgIpc) is 2.74. The minimum Gasteiger partial charge on any atom is -0.399 e. The van der Waals surface area contributed by atoms with Gasteiger partial charge in [0.2, 0.25) is 0 Å². The molecule has 0 aliphatic heterocycles. The minimum atomic E-state index is 0.257. The van der Waals surface area contributed by atoms with Gasteiger partial charge in [0.1, 0.15) is 0 Å². The van der Waals surface area contributed by atoms with E-state index in [9.17, 15) is 4.79 Å². The third-order valence-electron chi connectivity index (χ3n) is 3.28. The summed E-state index contributed by atoms with van der Waals surface area (Å²) in [5.74, 6) is 0.559. The van der Waals surface area contributed by atoms with Crippen LogP contribution in [0.5, 0.6) is 0 Å². The van der Waals surface area contributed by atoms with Crippen LogP contribution in [-0.2, 0) is 0 Å². The molecule has 1 aromatic rings. The first-order valence-corrected chi connectivity index (χ1v) is 5.59. The first kappa shape index (κ1) is 10.2. The molecule has 1 fully saturated rings. The highest BCUT2D eigenvalue weighted by molar-refractivity contribution is 5.98. The molecule has 0 amide bonds. The van der Waals surface area contributed by atoms with Gasteiger partial charge in [-0.25, -0.2) is 0 Å². The summed E-state index contributed by atoms with van der Waals surface area (Å²) in [6, 6.07) is 5.59. The lowest BCUT2D eigenvalue weighted by Crippen LogP contribution is -2.11.